The van der Waals surface area contributed by atoms with Crippen LogP contribution in [0, 0.1) is 29.6 Å². The zero-order chi connectivity index (χ0) is 72.8. The molecule has 1 saturated heterocycles. The Balaban J connectivity index is 1.16. The number of phenolic OH excluding ortho intramolecular Hbond substituents is 1. The number of likely N-dealkylation sites (tertiary alicyclic amines) is 1. The Hall–Kier alpha value is -7.14. The zero-order valence-corrected chi connectivity index (χ0v) is 60.9. The summed E-state index contributed by atoms with van der Waals surface area (Å²) in [6.45, 7) is 20.9. The first kappa shape index (κ1) is 84.3. The van der Waals surface area contributed by atoms with Gasteiger partial charge in [-0.3, -0.25) is 33.7 Å². The minimum atomic E-state index is -0.811. The number of benzene rings is 2. The average Bonchev–Trinajstić information content (AvgIpc) is 1.69. The number of carbonyl (C=O) groups is 9. The molecule has 0 unspecified atom stereocenters. The molecule has 554 valence electrons. The highest BCUT2D eigenvalue weighted by molar-refractivity contribution is 7.09. The van der Waals surface area contributed by atoms with Crippen molar-refractivity contribution < 1.29 is 76.7 Å². The standard InChI is InChI=1S/C72H114N10O16S/c1-11-29-82(69(89)56(49(8)13-3)42-62(85)59-18-14-15-30-81(59)10)60(47(4)5)43-64(96-31-12-2)68-80-58(46-99-68)66(87)78-54(40-51-23-25-55(83)26-24-51)39-50(9)63(86)44-77-72(92)97-38-37-95-36-35-94-34-33-93-32-28-76-71(91)98-45-53-21-19-52(20-22-53)41-61(84)57(17-16-27-75-70(74)90)79-67(88)65(73)48(6)7/h19-26,46-50,54,56-57,59-60,64-65,83H,11-18,27-45,73H2,1-10H3,(H,76,91)(H,77,92)(H,78,87)(H,79,88)(H3,74,75,90)/t49-,50-,54+,56-,57-,59+,60+,64+,65-/m0/s1. The number of primary amides is 1. The number of ketones is 3. The van der Waals surface area contributed by atoms with Gasteiger partial charge in [0.15, 0.2) is 17.3 Å². The largest absolute Gasteiger partial charge is 0.508 e. The molecule has 2 aromatic carbocycles. The van der Waals surface area contributed by atoms with Gasteiger partial charge >= 0.3 is 18.2 Å². The summed E-state index contributed by atoms with van der Waals surface area (Å²) in [4.78, 5) is 127. The number of hydrogen-bond donors (Lipinski definition) is 8. The van der Waals surface area contributed by atoms with Crippen LogP contribution in [0.15, 0.2) is 53.9 Å². The monoisotopic (exact) mass is 1410 g/mol. The van der Waals surface area contributed by atoms with Crippen LogP contribution in [0.1, 0.15) is 171 Å². The lowest BCUT2D eigenvalue weighted by molar-refractivity contribution is -0.145. The Morgan fingerprint density at radius 3 is 2.00 bits per heavy atom. The first-order valence-corrected chi connectivity index (χ1v) is 36.2. The summed E-state index contributed by atoms with van der Waals surface area (Å²) in [6, 6.07) is 10.3. The van der Waals surface area contributed by atoms with Crippen LogP contribution in [0.2, 0.25) is 0 Å². The highest BCUT2D eigenvalue weighted by Gasteiger charge is 2.39. The van der Waals surface area contributed by atoms with Crippen molar-refractivity contribution in [1.82, 2.24) is 41.4 Å². The summed E-state index contributed by atoms with van der Waals surface area (Å²) < 4.78 is 33.6. The predicted octanol–water partition coefficient (Wildman–Crippen LogP) is 7.74. The van der Waals surface area contributed by atoms with Crippen LogP contribution in [-0.2, 0) is 71.8 Å². The van der Waals surface area contributed by atoms with Gasteiger partial charge in [-0.05, 0) is 112 Å². The molecule has 1 aromatic heterocycles. The summed E-state index contributed by atoms with van der Waals surface area (Å²) >= 11 is 1.31. The number of nitrogens with one attached hydrogen (secondary N) is 5. The van der Waals surface area contributed by atoms with Gasteiger partial charge in [-0.15, -0.1) is 11.3 Å². The van der Waals surface area contributed by atoms with Gasteiger partial charge in [-0.2, -0.15) is 0 Å². The Morgan fingerprint density at radius 2 is 1.37 bits per heavy atom. The quantitative estimate of drug-likeness (QED) is 0.0250. The molecule has 0 radical (unpaired) electrons. The number of thiazole rings is 1. The predicted molar refractivity (Wildman–Crippen MR) is 378 cm³/mol. The Kier molecular flexibility index (Phi) is 39.4. The van der Waals surface area contributed by atoms with Gasteiger partial charge < -0.3 is 76.5 Å². The minimum Gasteiger partial charge on any atom is -0.508 e. The number of hydrogen-bond acceptors (Lipinski definition) is 20. The number of rotatable bonds is 49. The van der Waals surface area contributed by atoms with Crippen molar-refractivity contribution in [2.24, 2.45) is 41.1 Å². The third-order valence-electron chi connectivity index (χ3n) is 17.7. The molecule has 0 saturated carbocycles. The fraction of sp³-hybridized carbons (Fsp3) is 0.667. The van der Waals surface area contributed by atoms with Crippen LogP contribution >= 0.6 is 11.3 Å². The molecule has 1 aliphatic rings. The van der Waals surface area contributed by atoms with Gasteiger partial charge in [0.1, 0.15) is 35.8 Å². The fourth-order valence-corrected chi connectivity index (χ4v) is 12.4. The van der Waals surface area contributed by atoms with Crippen molar-refractivity contribution >= 4 is 64.6 Å². The molecule has 0 bridgehead atoms. The molecule has 27 heteroatoms. The Morgan fingerprint density at radius 1 is 0.727 bits per heavy atom. The molecule has 1 aliphatic heterocycles. The molecular formula is C72H114N10O16S. The number of alkyl carbamates (subject to hydrolysis) is 2. The molecule has 10 N–H and O–H groups in total. The van der Waals surface area contributed by atoms with Gasteiger partial charge in [0.05, 0.1) is 64.3 Å². The van der Waals surface area contributed by atoms with Crippen LogP contribution in [0.5, 0.6) is 5.75 Å². The summed E-state index contributed by atoms with van der Waals surface area (Å²) in [7, 11) is 2.00. The van der Waals surface area contributed by atoms with E-state index < -0.39 is 66.1 Å². The number of nitrogens with two attached hydrogens (primary N) is 2. The first-order chi connectivity index (χ1) is 47.3. The van der Waals surface area contributed by atoms with Gasteiger partial charge in [0.25, 0.3) is 5.91 Å². The lowest BCUT2D eigenvalue weighted by Gasteiger charge is -2.40. The highest BCUT2D eigenvalue weighted by atomic mass is 32.1. The number of aromatic nitrogens is 1. The minimum absolute atomic E-state index is 0.00248. The summed E-state index contributed by atoms with van der Waals surface area (Å²) in [5.74, 6) is -2.33. The Labute approximate surface area is 589 Å². The molecule has 0 spiro atoms. The maximum absolute atomic E-state index is 14.9. The zero-order valence-electron chi connectivity index (χ0n) is 60.1. The number of urea groups is 1. The number of phenols is 1. The second kappa shape index (κ2) is 46.3. The van der Waals surface area contributed by atoms with E-state index in [4.69, 9.17) is 44.9 Å². The topological polar surface area (TPSA) is 361 Å². The lowest BCUT2D eigenvalue weighted by atomic mass is 9.82. The smallest absolute Gasteiger partial charge is 0.407 e. The normalized spacial score (nSPS) is 15.7. The van der Waals surface area contributed by atoms with Gasteiger partial charge in [-0.1, -0.05) is 112 Å². The van der Waals surface area contributed by atoms with Crippen LogP contribution in [0.25, 0.3) is 0 Å². The van der Waals surface area contributed by atoms with E-state index in [0.717, 1.165) is 50.6 Å². The van der Waals surface area contributed by atoms with E-state index in [1.807, 2.05) is 32.7 Å². The summed E-state index contributed by atoms with van der Waals surface area (Å²) in [5, 5.41) is 25.8. The van der Waals surface area contributed by atoms with Crippen molar-refractivity contribution in [3.05, 3.63) is 81.3 Å². The number of amides is 7. The van der Waals surface area contributed by atoms with E-state index in [2.05, 4.69) is 66.1 Å². The summed E-state index contributed by atoms with van der Waals surface area (Å²) in [6.07, 6.45) is 5.06. The number of likely N-dealkylation sites (N-methyl/N-ethyl adjacent to an activating group) is 1. The number of Topliss-reactive ketones (excluding diaryl/α,β-unsaturated/α-hetero) is 3. The first-order valence-electron chi connectivity index (χ1n) is 35.3. The summed E-state index contributed by atoms with van der Waals surface area (Å²) in [5.41, 5.74) is 13.5. The maximum Gasteiger partial charge on any atom is 0.407 e. The fourth-order valence-electron chi connectivity index (χ4n) is 11.5. The van der Waals surface area contributed by atoms with Crippen molar-refractivity contribution in [1.29, 1.82) is 0 Å². The molecule has 7 amide bonds. The van der Waals surface area contributed by atoms with Crippen LogP contribution in [0.4, 0.5) is 14.4 Å². The number of piperidine rings is 1. The van der Waals surface area contributed by atoms with Gasteiger partial charge in [0, 0.05) is 74.8 Å². The average molecular weight is 1410 g/mol. The molecule has 4 rings (SSSR count). The van der Waals surface area contributed by atoms with E-state index in [0.29, 0.717) is 48.5 Å². The SMILES string of the molecule is CCCO[C@H](C[C@H](C(C)C)N(CCC)C(=O)[C@@H](CC(=O)[C@H]1CCCCN1C)[C@@H](C)CC)c1nc(C(=O)N[C@@H](Cc2ccc(O)cc2)C[C@H](C)C(=O)CNC(=O)OCCOCCOCCOCCNC(=O)OCc2ccc(CC(=O)[C@H](CCCNC(N)=O)NC(=O)[C@@H](N)C(C)C)cc2)cs1. The molecule has 3 aromatic rings. The lowest BCUT2D eigenvalue weighted by Crippen LogP contribution is -2.50. The van der Waals surface area contributed by atoms with E-state index in [1.165, 1.54) is 11.3 Å². The van der Waals surface area contributed by atoms with Crippen LogP contribution in [-0.4, -0.2) is 196 Å². The molecule has 0 aliphatic carbocycles. The highest BCUT2D eigenvalue weighted by Crippen LogP contribution is 2.34. The number of aromatic hydroxyl groups is 1. The van der Waals surface area contributed by atoms with Gasteiger partial charge in [0.2, 0.25) is 11.8 Å². The molecular weight excluding hydrogens is 1290 g/mol. The van der Waals surface area contributed by atoms with Gasteiger partial charge in [-0.25, -0.2) is 19.4 Å². The number of nitrogens with zero attached hydrogens (tertiary/aromatic N) is 3. The van der Waals surface area contributed by atoms with Crippen LogP contribution in [0.3, 0.4) is 0 Å². The van der Waals surface area contributed by atoms with E-state index >= 15 is 0 Å². The maximum atomic E-state index is 14.9. The number of ether oxygens (including phenoxy) is 6. The molecule has 99 heavy (non-hydrogen) atoms. The van der Waals surface area contributed by atoms with E-state index in [-0.39, 0.29) is 163 Å². The van der Waals surface area contributed by atoms with E-state index in [9.17, 15) is 48.3 Å². The molecule has 26 nitrogen and oxygen atoms in total. The molecule has 2 heterocycles. The second-order valence-corrected chi connectivity index (χ2v) is 27.3. The van der Waals surface area contributed by atoms with Crippen molar-refractivity contribution in [3.8, 4) is 5.75 Å². The van der Waals surface area contributed by atoms with Crippen molar-refractivity contribution in [2.45, 2.75) is 189 Å². The second-order valence-electron chi connectivity index (χ2n) is 26.4. The van der Waals surface area contributed by atoms with Crippen molar-refractivity contribution in [2.75, 3.05) is 92.6 Å². The molecule has 9 atom stereocenters. The van der Waals surface area contributed by atoms with Crippen LogP contribution < -0.4 is 38.1 Å². The third kappa shape index (κ3) is 31.5. The van der Waals surface area contributed by atoms with Crippen molar-refractivity contribution in [3.63, 3.8) is 0 Å². The third-order valence-corrected chi connectivity index (χ3v) is 18.6. The molecule has 1 fully saturated rings. The Bertz CT molecular complexity index is 2940. The van der Waals surface area contributed by atoms with E-state index in [1.54, 1.807) is 60.8 Å². The number of carbonyl (C=O) groups excluding carboxylic acids is 9.